The molecule has 0 saturated carbocycles. The maximum absolute atomic E-state index is 12.0. The molecule has 1 atom stereocenters. The van der Waals surface area contributed by atoms with Crippen molar-refractivity contribution in [3.05, 3.63) is 34.9 Å². The molecule has 2 N–H and O–H groups in total. The number of alkyl halides is 3. The van der Waals surface area contributed by atoms with Crippen molar-refractivity contribution < 1.29 is 23.1 Å². The van der Waals surface area contributed by atoms with E-state index in [1.54, 1.807) is 25.1 Å². The minimum Gasteiger partial charge on any atom is -0.382 e. The normalized spacial score (nSPS) is 13.2. The number of aliphatic hydroxyl groups excluding tert-OH is 1. The van der Waals surface area contributed by atoms with E-state index in [1.807, 2.05) is 6.92 Å². The van der Waals surface area contributed by atoms with Gasteiger partial charge in [0.1, 0.15) is 0 Å². The molecule has 1 unspecified atom stereocenters. The van der Waals surface area contributed by atoms with Crippen LogP contribution in [0.1, 0.15) is 21.5 Å². The van der Waals surface area contributed by atoms with Gasteiger partial charge >= 0.3 is 6.18 Å². The monoisotopic (exact) mass is 261 g/mol. The molecular weight excluding hydrogens is 247 g/mol. The second kappa shape index (κ2) is 5.39. The fraction of sp³-hybridized carbons (Fsp3) is 0.417. The summed E-state index contributed by atoms with van der Waals surface area (Å²) < 4.78 is 36.1. The summed E-state index contributed by atoms with van der Waals surface area (Å²) in [6.07, 6.45) is -7.28. The molecule has 1 amide bonds. The molecule has 0 fully saturated rings. The Balaban J connectivity index is 2.66. The first-order valence-electron chi connectivity index (χ1n) is 5.32. The molecule has 18 heavy (non-hydrogen) atoms. The molecule has 1 rings (SSSR count). The highest BCUT2D eigenvalue weighted by Gasteiger charge is 2.38. The summed E-state index contributed by atoms with van der Waals surface area (Å²) in [5.74, 6) is -0.629. The lowest BCUT2D eigenvalue weighted by Gasteiger charge is -2.15. The molecule has 0 aliphatic rings. The number of halogens is 3. The third kappa shape index (κ3) is 3.73. The molecule has 6 heteroatoms. The number of carbonyl (C=O) groups is 1. The number of benzene rings is 1. The Kier molecular flexibility index (Phi) is 4.34. The molecule has 0 bridgehead atoms. The predicted molar refractivity (Wildman–Crippen MR) is 60.3 cm³/mol. The summed E-state index contributed by atoms with van der Waals surface area (Å²) >= 11 is 0. The van der Waals surface area contributed by atoms with Gasteiger partial charge in [0.25, 0.3) is 5.91 Å². The zero-order valence-corrected chi connectivity index (χ0v) is 10.0. The number of nitrogens with one attached hydrogen (secondary N) is 1. The van der Waals surface area contributed by atoms with Crippen LogP contribution in [0.3, 0.4) is 0 Å². The van der Waals surface area contributed by atoms with Crippen molar-refractivity contribution in [3.63, 3.8) is 0 Å². The minimum atomic E-state index is -4.73. The maximum atomic E-state index is 12.0. The average molecular weight is 261 g/mol. The molecule has 0 spiro atoms. The Morgan fingerprint density at radius 3 is 2.50 bits per heavy atom. The molecule has 1 aromatic rings. The largest absolute Gasteiger partial charge is 0.416 e. The van der Waals surface area contributed by atoms with Crippen molar-refractivity contribution in [2.45, 2.75) is 26.1 Å². The second-order valence-corrected chi connectivity index (χ2v) is 4.09. The molecule has 1 aromatic carbocycles. The van der Waals surface area contributed by atoms with Crippen molar-refractivity contribution in [2.24, 2.45) is 0 Å². The van der Waals surface area contributed by atoms with E-state index in [9.17, 15) is 18.0 Å². The minimum absolute atomic E-state index is 0.301. The summed E-state index contributed by atoms with van der Waals surface area (Å²) in [4.78, 5) is 11.6. The third-order valence-corrected chi connectivity index (χ3v) is 2.46. The van der Waals surface area contributed by atoms with Gasteiger partial charge in [0.05, 0.1) is 6.54 Å². The first kappa shape index (κ1) is 14.5. The van der Waals surface area contributed by atoms with Crippen LogP contribution in [0.25, 0.3) is 0 Å². The van der Waals surface area contributed by atoms with Crippen molar-refractivity contribution >= 4 is 5.91 Å². The van der Waals surface area contributed by atoms with Gasteiger partial charge in [0, 0.05) is 5.56 Å². The van der Waals surface area contributed by atoms with E-state index in [0.29, 0.717) is 11.1 Å². The highest BCUT2D eigenvalue weighted by molar-refractivity contribution is 5.95. The fourth-order valence-electron chi connectivity index (χ4n) is 1.47. The van der Waals surface area contributed by atoms with Crippen LogP contribution in [0.2, 0.25) is 0 Å². The molecule has 0 radical (unpaired) electrons. The number of aryl methyl sites for hydroxylation is 2. The van der Waals surface area contributed by atoms with Crippen LogP contribution in [0.5, 0.6) is 0 Å². The van der Waals surface area contributed by atoms with E-state index >= 15 is 0 Å². The van der Waals surface area contributed by atoms with Gasteiger partial charge in [0.2, 0.25) is 0 Å². The summed E-state index contributed by atoms with van der Waals surface area (Å²) in [5.41, 5.74) is 1.93. The van der Waals surface area contributed by atoms with Gasteiger partial charge in [0.15, 0.2) is 6.10 Å². The number of carbonyl (C=O) groups excluding carboxylic acids is 1. The summed E-state index contributed by atoms with van der Waals surface area (Å²) in [5, 5.41) is 10.8. The van der Waals surface area contributed by atoms with Crippen molar-refractivity contribution in [3.8, 4) is 0 Å². The lowest BCUT2D eigenvalue weighted by molar-refractivity contribution is -0.201. The Morgan fingerprint density at radius 2 is 2.00 bits per heavy atom. The Hall–Kier alpha value is -1.56. The quantitative estimate of drug-likeness (QED) is 0.873. The van der Waals surface area contributed by atoms with Gasteiger partial charge in [-0.05, 0) is 25.5 Å². The van der Waals surface area contributed by atoms with E-state index in [2.05, 4.69) is 5.32 Å². The zero-order chi connectivity index (χ0) is 13.9. The summed E-state index contributed by atoms with van der Waals surface area (Å²) in [6.45, 7) is 2.69. The number of hydrogen-bond donors (Lipinski definition) is 2. The van der Waals surface area contributed by atoms with Gasteiger partial charge in [-0.2, -0.15) is 13.2 Å². The highest BCUT2D eigenvalue weighted by atomic mass is 19.4. The SMILES string of the molecule is Cc1ccc(C(=O)NCC(O)C(F)(F)F)c(C)c1. The van der Waals surface area contributed by atoms with E-state index in [1.165, 1.54) is 0 Å². The third-order valence-electron chi connectivity index (χ3n) is 2.46. The van der Waals surface area contributed by atoms with Gasteiger partial charge in [-0.15, -0.1) is 0 Å². The van der Waals surface area contributed by atoms with E-state index in [0.717, 1.165) is 5.56 Å². The van der Waals surface area contributed by atoms with Crippen LogP contribution in [0.4, 0.5) is 13.2 Å². The molecule has 0 heterocycles. The standard InChI is InChI=1S/C12H14F3NO2/c1-7-3-4-9(8(2)5-7)11(18)16-6-10(17)12(13,14)15/h3-5,10,17H,6H2,1-2H3,(H,16,18). The van der Waals surface area contributed by atoms with Crippen molar-refractivity contribution in [1.82, 2.24) is 5.32 Å². The summed E-state index contributed by atoms with van der Waals surface area (Å²) in [6, 6.07) is 5.00. The van der Waals surface area contributed by atoms with Crippen LogP contribution in [0, 0.1) is 13.8 Å². The highest BCUT2D eigenvalue weighted by Crippen LogP contribution is 2.19. The molecule has 0 saturated heterocycles. The maximum Gasteiger partial charge on any atom is 0.416 e. The van der Waals surface area contributed by atoms with Crippen LogP contribution in [0.15, 0.2) is 18.2 Å². The van der Waals surface area contributed by atoms with Crippen LogP contribution in [-0.4, -0.2) is 29.8 Å². The first-order chi connectivity index (χ1) is 8.21. The fourth-order valence-corrected chi connectivity index (χ4v) is 1.47. The van der Waals surface area contributed by atoms with E-state index < -0.39 is 24.7 Å². The molecular formula is C12H14F3NO2. The number of rotatable bonds is 3. The van der Waals surface area contributed by atoms with Crippen LogP contribution >= 0.6 is 0 Å². The lowest BCUT2D eigenvalue weighted by Crippen LogP contribution is -2.40. The van der Waals surface area contributed by atoms with Gasteiger partial charge in [-0.3, -0.25) is 4.79 Å². The Labute approximate surface area is 103 Å². The average Bonchev–Trinajstić information content (AvgIpc) is 2.24. The molecule has 0 aromatic heterocycles. The number of hydrogen-bond acceptors (Lipinski definition) is 2. The van der Waals surface area contributed by atoms with Gasteiger partial charge in [-0.1, -0.05) is 17.7 Å². The topological polar surface area (TPSA) is 49.3 Å². The molecule has 0 aliphatic carbocycles. The zero-order valence-electron chi connectivity index (χ0n) is 10.0. The molecule has 0 aliphatic heterocycles. The number of aliphatic hydroxyl groups is 1. The van der Waals surface area contributed by atoms with E-state index in [4.69, 9.17) is 5.11 Å². The summed E-state index contributed by atoms with van der Waals surface area (Å²) in [7, 11) is 0. The van der Waals surface area contributed by atoms with Crippen molar-refractivity contribution in [2.75, 3.05) is 6.54 Å². The smallest absolute Gasteiger partial charge is 0.382 e. The number of amides is 1. The van der Waals surface area contributed by atoms with Gasteiger partial charge in [-0.25, -0.2) is 0 Å². The predicted octanol–water partition coefficient (Wildman–Crippen LogP) is 1.96. The molecule has 3 nitrogen and oxygen atoms in total. The van der Waals surface area contributed by atoms with Gasteiger partial charge < -0.3 is 10.4 Å². The van der Waals surface area contributed by atoms with Crippen molar-refractivity contribution in [1.29, 1.82) is 0 Å². The Morgan fingerprint density at radius 1 is 1.39 bits per heavy atom. The first-order valence-corrected chi connectivity index (χ1v) is 5.32. The molecule has 100 valence electrons. The lowest BCUT2D eigenvalue weighted by atomic mass is 10.1. The van der Waals surface area contributed by atoms with Crippen LogP contribution in [-0.2, 0) is 0 Å². The van der Waals surface area contributed by atoms with E-state index in [-0.39, 0.29) is 0 Å². The van der Waals surface area contributed by atoms with Crippen LogP contribution < -0.4 is 5.32 Å². The second-order valence-electron chi connectivity index (χ2n) is 4.09. The Bertz CT molecular complexity index is 443.